The number of rotatable bonds is 9. The van der Waals surface area contributed by atoms with Crippen molar-refractivity contribution in [3.63, 3.8) is 0 Å². The molecule has 2 aliphatic rings. The molecule has 6 rings (SSSR count). The number of benzene rings is 4. The predicted octanol–water partition coefficient (Wildman–Crippen LogP) is 8.79. The van der Waals surface area contributed by atoms with Gasteiger partial charge in [0.05, 0.1) is 14.2 Å². The number of amidine groups is 1. The average Bonchev–Trinajstić information content (AvgIpc) is 3.61. The normalized spacial score (nSPS) is 20.4. The summed E-state index contributed by atoms with van der Waals surface area (Å²) in [7, 11) is 3.18. The van der Waals surface area contributed by atoms with Gasteiger partial charge in [-0.2, -0.15) is 8.78 Å². The van der Waals surface area contributed by atoms with E-state index in [2.05, 4.69) is 15.6 Å². The summed E-state index contributed by atoms with van der Waals surface area (Å²) in [5.74, 6) is -3.09. The van der Waals surface area contributed by atoms with E-state index in [1.165, 1.54) is 32.9 Å². The first-order valence-corrected chi connectivity index (χ1v) is 16.3. The van der Waals surface area contributed by atoms with Crippen LogP contribution in [0.15, 0.2) is 102 Å². The number of hydrogen-bond acceptors (Lipinski definition) is 6. The SMILES string of the molecule is COc1ccc(C(NC2=NC(C)(c3cc(NC4CCCC4)ccc3F)C(F)(F)C(C)(C)O2)(c2ccccc2)c2ccc(OC)cc2)cc1. The molecule has 6 nitrogen and oxygen atoms in total. The molecule has 0 saturated heterocycles. The van der Waals surface area contributed by atoms with Gasteiger partial charge >= 0.3 is 5.92 Å². The van der Waals surface area contributed by atoms with Gasteiger partial charge in [0, 0.05) is 17.3 Å². The van der Waals surface area contributed by atoms with Gasteiger partial charge in [-0.1, -0.05) is 67.4 Å². The Balaban J connectivity index is 1.55. The maximum Gasteiger partial charge on any atom is 0.315 e. The molecular formula is C39H42F3N3O3. The Hall–Kier alpha value is -4.66. The standard InChI is InChI=1S/C39H42F3N3O3/c1-36(2)39(41,42)37(3,33-25-30(19-24-34(33)40)43-29-13-9-10-14-29)44-35(48-36)45-38(26-11-7-6-8-12-26,27-15-20-31(46-4)21-16-27)28-17-22-32(47-5)23-18-28/h6-8,11-12,15-25,29,43H,9-10,13-14H2,1-5H3,(H,44,45). The molecule has 1 saturated carbocycles. The quantitative estimate of drug-likeness (QED) is 0.176. The smallest absolute Gasteiger partial charge is 0.315 e. The Morgan fingerprint density at radius 1 is 0.771 bits per heavy atom. The van der Waals surface area contributed by atoms with E-state index in [0.29, 0.717) is 17.2 Å². The summed E-state index contributed by atoms with van der Waals surface area (Å²) in [4.78, 5) is 4.61. The number of hydrogen-bond donors (Lipinski definition) is 2. The average molecular weight is 658 g/mol. The Bertz CT molecular complexity index is 1710. The highest BCUT2D eigenvalue weighted by atomic mass is 19.3. The summed E-state index contributed by atoms with van der Waals surface area (Å²) in [6.45, 7) is 3.90. The van der Waals surface area contributed by atoms with E-state index in [1.807, 2.05) is 78.9 Å². The van der Waals surface area contributed by atoms with Gasteiger partial charge in [-0.05, 0) is 92.8 Å². The number of alkyl halides is 2. The van der Waals surface area contributed by atoms with E-state index in [0.717, 1.165) is 42.4 Å². The van der Waals surface area contributed by atoms with Crippen molar-refractivity contribution in [2.24, 2.45) is 4.99 Å². The van der Waals surface area contributed by atoms with Crippen molar-refractivity contribution in [1.82, 2.24) is 5.32 Å². The van der Waals surface area contributed by atoms with Crippen LogP contribution in [0.5, 0.6) is 11.5 Å². The van der Waals surface area contributed by atoms with Gasteiger partial charge in [0.1, 0.15) is 22.9 Å². The second-order valence-corrected chi connectivity index (χ2v) is 13.2. The summed E-state index contributed by atoms with van der Waals surface area (Å²) in [5.41, 5.74) is -2.95. The summed E-state index contributed by atoms with van der Waals surface area (Å²) in [6.07, 6.45) is 4.15. The molecule has 252 valence electrons. The summed E-state index contributed by atoms with van der Waals surface area (Å²) in [5, 5.41) is 6.90. The van der Waals surface area contributed by atoms with Crippen molar-refractivity contribution < 1.29 is 27.4 Å². The highest BCUT2D eigenvalue weighted by Gasteiger charge is 2.66. The lowest BCUT2D eigenvalue weighted by atomic mass is 9.76. The molecule has 0 bridgehead atoms. The number of nitrogens with one attached hydrogen (secondary N) is 2. The van der Waals surface area contributed by atoms with Crippen LogP contribution in [0.1, 0.15) is 68.7 Å². The van der Waals surface area contributed by atoms with Crippen LogP contribution < -0.4 is 20.1 Å². The maximum absolute atomic E-state index is 16.7. The summed E-state index contributed by atoms with van der Waals surface area (Å²) < 4.78 is 66.2. The summed E-state index contributed by atoms with van der Waals surface area (Å²) >= 11 is 0. The lowest BCUT2D eigenvalue weighted by Crippen LogP contribution is -2.64. The van der Waals surface area contributed by atoms with Gasteiger partial charge < -0.3 is 24.8 Å². The van der Waals surface area contributed by atoms with Crippen LogP contribution in [0.25, 0.3) is 0 Å². The predicted molar refractivity (Wildman–Crippen MR) is 183 cm³/mol. The Morgan fingerprint density at radius 2 is 1.31 bits per heavy atom. The van der Waals surface area contributed by atoms with Crippen LogP contribution >= 0.6 is 0 Å². The molecular weight excluding hydrogens is 615 g/mol. The fourth-order valence-electron chi connectivity index (χ4n) is 7.01. The van der Waals surface area contributed by atoms with E-state index in [4.69, 9.17) is 14.2 Å². The van der Waals surface area contributed by atoms with Crippen LogP contribution in [0, 0.1) is 5.82 Å². The molecule has 0 aromatic heterocycles. The Kier molecular flexibility index (Phi) is 8.83. The van der Waals surface area contributed by atoms with Crippen molar-refractivity contribution in [3.8, 4) is 11.5 Å². The van der Waals surface area contributed by atoms with Crippen LogP contribution in [0.3, 0.4) is 0 Å². The third-order valence-corrected chi connectivity index (χ3v) is 9.81. The fourth-order valence-corrected chi connectivity index (χ4v) is 7.01. The molecule has 0 radical (unpaired) electrons. The van der Waals surface area contributed by atoms with Gasteiger partial charge in [-0.15, -0.1) is 0 Å². The lowest BCUT2D eigenvalue weighted by molar-refractivity contribution is -0.209. The number of halogens is 3. The Morgan fingerprint density at radius 3 is 1.85 bits per heavy atom. The molecule has 0 amide bonds. The van der Waals surface area contributed by atoms with Gasteiger partial charge in [-0.25, -0.2) is 9.38 Å². The van der Waals surface area contributed by atoms with Crippen LogP contribution in [-0.4, -0.2) is 37.8 Å². The Labute approximate surface area is 280 Å². The van der Waals surface area contributed by atoms with E-state index in [1.54, 1.807) is 20.3 Å². The van der Waals surface area contributed by atoms with Gasteiger partial charge in [0.15, 0.2) is 11.1 Å². The van der Waals surface area contributed by atoms with Crippen molar-refractivity contribution in [3.05, 3.63) is 125 Å². The molecule has 4 aromatic carbocycles. The molecule has 1 unspecified atom stereocenters. The molecule has 1 aliphatic carbocycles. The van der Waals surface area contributed by atoms with Crippen molar-refractivity contribution in [2.75, 3.05) is 19.5 Å². The number of aliphatic imine (C=N–C) groups is 1. The first-order valence-electron chi connectivity index (χ1n) is 16.3. The molecule has 1 aliphatic heterocycles. The number of nitrogens with zero attached hydrogens (tertiary/aromatic N) is 1. The molecule has 1 heterocycles. The highest BCUT2D eigenvalue weighted by molar-refractivity contribution is 5.79. The van der Waals surface area contributed by atoms with Gasteiger partial charge in [0.2, 0.25) is 0 Å². The zero-order valence-corrected chi connectivity index (χ0v) is 27.9. The molecule has 2 N–H and O–H groups in total. The fraction of sp³-hybridized carbons (Fsp3) is 0.359. The minimum Gasteiger partial charge on any atom is -0.497 e. The van der Waals surface area contributed by atoms with Crippen LogP contribution in [0.2, 0.25) is 0 Å². The van der Waals surface area contributed by atoms with E-state index in [9.17, 15) is 0 Å². The zero-order valence-electron chi connectivity index (χ0n) is 27.9. The highest BCUT2D eigenvalue weighted by Crippen LogP contribution is 2.53. The molecule has 48 heavy (non-hydrogen) atoms. The van der Waals surface area contributed by atoms with Gasteiger partial charge in [-0.3, -0.25) is 0 Å². The first kappa shape index (κ1) is 33.2. The van der Waals surface area contributed by atoms with Crippen molar-refractivity contribution >= 4 is 11.7 Å². The minimum absolute atomic E-state index is 0.155. The largest absolute Gasteiger partial charge is 0.497 e. The molecule has 0 spiro atoms. The maximum atomic E-state index is 16.7. The van der Waals surface area contributed by atoms with Crippen molar-refractivity contribution in [2.45, 2.75) is 75.1 Å². The first-order chi connectivity index (χ1) is 22.9. The third-order valence-electron chi connectivity index (χ3n) is 9.81. The minimum atomic E-state index is -3.62. The molecule has 1 atom stereocenters. The van der Waals surface area contributed by atoms with Gasteiger partial charge in [0.25, 0.3) is 6.02 Å². The molecule has 1 fully saturated rings. The third kappa shape index (κ3) is 5.73. The second-order valence-electron chi connectivity index (χ2n) is 13.2. The monoisotopic (exact) mass is 657 g/mol. The topological polar surface area (TPSA) is 64.1 Å². The second kappa shape index (κ2) is 12.7. The van der Waals surface area contributed by atoms with Crippen molar-refractivity contribution in [1.29, 1.82) is 0 Å². The van der Waals surface area contributed by atoms with E-state index >= 15 is 13.2 Å². The summed E-state index contributed by atoms with van der Waals surface area (Å²) in [6, 6.07) is 28.9. The molecule has 4 aromatic rings. The molecule has 9 heteroatoms. The van der Waals surface area contributed by atoms with Crippen LogP contribution in [-0.2, 0) is 15.8 Å². The number of methoxy groups -OCH3 is 2. The van der Waals surface area contributed by atoms with E-state index < -0.39 is 28.4 Å². The zero-order chi connectivity index (χ0) is 34.2. The lowest BCUT2D eigenvalue weighted by Gasteiger charge is -2.49. The van der Waals surface area contributed by atoms with E-state index in [-0.39, 0.29) is 17.6 Å². The number of ether oxygens (including phenoxy) is 3. The van der Waals surface area contributed by atoms with Crippen LogP contribution in [0.4, 0.5) is 18.9 Å². The number of anilines is 1.